The van der Waals surface area contributed by atoms with Gasteiger partial charge in [-0.3, -0.25) is 4.79 Å². The van der Waals surface area contributed by atoms with Gasteiger partial charge in [0.15, 0.2) is 6.29 Å². The zero-order valence-electron chi connectivity index (χ0n) is 15.4. The van der Waals surface area contributed by atoms with E-state index in [-0.39, 0.29) is 5.91 Å². The molecule has 0 radical (unpaired) electrons. The SMILES string of the molecule is CCOC(OCC)C1=C/C(=C2/C(=O)Nc3ccccc32)Nc2ccccc21. The summed E-state index contributed by atoms with van der Waals surface area (Å²) >= 11 is 0. The van der Waals surface area contributed by atoms with Crippen molar-refractivity contribution < 1.29 is 14.3 Å². The fourth-order valence-corrected chi connectivity index (χ4v) is 3.50. The molecule has 2 aliphatic rings. The molecule has 2 aliphatic heterocycles. The normalized spacial score (nSPS) is 17.9. The van der Waals surface area contributed by atoms with Crippen LogP contribution in [0.4, 0.5) is 11.4 Å². The van der Waals surface area contributed by atoms with Crippen LogP contribution in [0.5, 0.6) is 0 Å². The molecule has 0 aliphatic carbocycles. The molecule has 2 aromatic rings. The molecular weight excluding hydrogens is 340 g/mol. The third kappa shape index (κ3) is 3.16. The number of benzene rings is 2. The molecule has 138 valence electrons. The second-order valence-corrected chi connectivity index (χ2v) is 6.30. The van der Waals surface area contributed by atoms with Crippen LogP contribution in [0.1, 0.15) is 25.0 Å². The minimum Gasteiger partial charge on any atom is -0.354 e. The molecule has 2 heterocycles. The molecule has 2 aromatic carbocycles. The van der Waals surface area contributed by atoms with E-state index in [0.29, 0.717) is 18.8 Å². The second kappa shape index (κ2) is 7.39. The van der Waals surface area contributed by atoms with Crippen molar-refractivity contribution in [1.82, 2.24) is 0 Å². The Morgan fingerprint density at radius 3 is 2.11 bits per heavy atom. The molecule has 2 N–H and O–H groups in total. The van der Waals surface area contributed by atoms with Gasteiger partial charge in [-0.15, -0.1) is 0 Å². The van der Waals surface area contributed by atoms with Crippen molar-refractivity contribution in [3.05, 3.63) is 71.4 Å². The van der Waals surface area contributed by atoms with E-state index in [9.17, 15) is 4.79 Å². The maximum atomic E-state index is 12.7. The molecule has 0 saturated carbocycles. The van der Waals surface area contributed by atoms with Gasteiger partial charge in [0.25, 0.3) is 5.91 Å². The Labute approximate surface area is 158 Å². The third-order valence-corrected chi connectivity index (χ3v) is 4.64. The van der Waals surface area contributed by atoms with Crippen molar-refractivity contribution in [3.8, 4) is 0 Å². The summed E-state index contributed by atoms with van der Waals surface area (Å²) in [5.41, 5.74) is 5.95. The summed E-state index contributed by atoms with van der Waals surface area (Å²) in [5.74, 6) is -0.113. The first-order valence-electron chi connectivity index (χ1n) is 9.19. The van der Waals surface area contributed by atoms with Crippen molar-refractivity contribution in [1.29, 1.82) is 0 Å². The number of rotatable bonds is 5. The van der Waals surface area contributed by atoms with Gasteiger partial charge < -0.3 is 20.1 Å². The third-order valence-electron chi connectivity index (χ3n) is 4.64. The van der Waals surface area contributed by atoms with E-state index >= 15 is 0 Å². The van der Waals surface area contributed by atoms with Gasteiger partial charge in [0, 0.05) is 41.3 Å². The Bertz CT molecular complexity index is 940. The predicted molar refractivity (Wildman–Crippen MR) is 107 cm³/mol. The number of nitrogens with one attached hydrogen (secondary N) is 2. The Morgan fingerprint density at radius 1 is 0.852 bits per heavy atom. The summed E-state index contributed by atoms with van der Waals surface area (Å²) < 4.78 is 11.7. The van der Waals surface area contributed by atoms with Crippen molar-refractivity contribution in [2.75, 3.05) is 23.8 Å². The number of amides is 1. The number of hydrogen-bond acceptors (Lipinski definition) is 4. The molecular formula is C22H22N2O3. The molecule has 0 unspecified atom stereocenters. The fraction of sp³-hybridized carbons (Fsp3) is 0.227. The van der Waals surface area contributed by atoms with Gasteiger partial charge in [-0.2, -0.15) is 0 Å². The van der Waals surface area contributed by atoms with Crippen LogP contribution in [0.15, 0.2) is 60.3 Å². The molecule has 0 fully saturated rings. The highest BCUT2D eigenvalue weighted by Crippen LogP contribution is 2.40. The van der Waals surface area contributed by atoms with Gasteiger partial charge in [0.2, 0.25) is 0 Å². The standard InChI is InChI=1S/C22H22N2O3/c1-3-26-22(27-4-2)16-13-19(23-17-11-7-5-9-14(16)17)20-15-10-6-8-12-18(15)24-21(20)25/h5-13,22-23H,3-4H2,1-2H3,(H,24,25)/b20-19-. The van der Waals surface area contributed by atoms with E-state index in [1.165, 1.54) is 0 Å². The molecule has 0 aromatic heterocycles. The lowest BCUT2D eigenvalue weighted by atomic mass is 9.95. The first-order chi connectivity index (χ1) is 13.2. The van der Waals surface area contributed by atoms with Crippen LogP contribution in [-0.2, 0) is 14.3 Å². The van der Waals surface area contributed by atoms with Crippen molar-refractivity contribution in [3.63, 3.8) is 0 Å². The van der Waals surface area contributed by atoms with E-state index in [2.05, 4.69) is 10.6 Å². The average molecular weight is 362 g/mol. The van der Waals surface area contributed by atoms with Crippen LogP contribution < -0.4 is 10.6 Å². The summed E-state index contributed by atoms with van der Waals surface area (Å²) in [6, 6.07) is 15.7. The average Bonchev–Trinajstić information content (AvgIpc) is 3.02. The number of allylic oxidation sites excluding steroid dienone is 1. The molecule has 5 heteroatoms. The quantitative estimate of drug-likeness (QED) is 0.616. The van der Waals surface area contributed by atoms with Gasteiger partial charge in [0.05, 0.1) is 11.3 Å². The van der Waals surface area contributed by atoms with E-state index in [0.717, 1.165) is 33.8 Å². The monoisotopic (exact) mass is 362 g/mol. The van der Waals surface area contributed by atoms with Crippen LogP contribution >= 0.6 is 0 Å². The van der Waals surface area contributed by atoms with Crippen molar-refractivity contribution in [2.45, 2.75) is 20.1 Å². The fourth-order valence-electron chi connectivity index (χ4n) is 3.50. The topological polar surface area (TPSA) is 59.6 Å². The minimum absolute atomic E-state index is 0.113. The molecule has 0 atom stereocenters. The predicted octanol–water partition coefficient (Wildman–Crippen LogP) is 4.26. The van der Waals surface area contributed by atoms with Gasteiger partial charge >= 0.3 is 0 Å². The van der Waals surface area contributed by atoms with Gasteiger partial charge in [-0.05, 0) is 32.1 Å². The number of anilines is 2. The molecule has 4 rings (SSSR count). The molecule has 0 saturated heterocycles. The first kappa shape index (κ1) is 17.5. The summed E-state index contributed by atoms with van der Waals surface area (Å²) in [7, 11) is 0. The Morgan fingerprint density at radius 2 is 1.44 bits per heavy atom. The number of ether oxygens (including phenoxy) is 2. The lowest BCUT2D eigenvalue weighted by Crippen LogP contribution is -2.23. The van der Waals surface area contributed by atoms with E-state index in [1.807, 2.05) is 68.5 Å². The Kier molecular flexibility index (Phi) is 4.79. The molecule has 0 bridgehead atoms. The number of fused-ring (bicyclic) bond motifs is 2. The van der Waals surface area contributed by atoms with Crippen LogP contribution in [0, 0.1) is 0 Å². The summed E-state index contributed by atoms with van der Waals surface area (Å²) in [5, 5.41) is 6.35. The number of carbonyl (C=O) groups excluding carboxylic acids is 1. The van der Waals surface area contributed by atoms with Gasteiger partial charge in [-0.25, -0.2) is 0 Å². The zero-order valence-corrected chi connectivity index (χ0v) is 15.4. The molecule has 1 amide bonds. The second-order valence-electron chi connectivity index (χ2n) is 6.30. The highest BCUT2D eigenvalue weighted by Gasteiger charge is 2.30. The summed E-state index contributed by atoms with van der Waals surface area (Å²) in [6.45, 7) is 4.96. The summed E-state index contributed by atoms with van der Waals surface area (Å²) in [6.07, 6.45) is 1.48. The van der Waals surface area contributed by atoms with Crippen molar-refractivity contribution >= 4 is 28.4 Å². The number of para-hydroxylation sites is 2. The largest absolute Gasteiger partial charge is 0.354 e. The van der Waals surface area contributed by atoms with E-state index < -0.39 is 6.29 Å². The zero-order chi connectivity index (χ0) is 18.8. The van der Waals surface area contributed by atoms with Gasteiger partial charge in [-0.1, -0.05) is 36.4 Å². The highest BCUT2D eigenvalue weighted by molar-refractivity contribution is 6.33. The van der Waals surface area contributed by atoms with E-state index in [4.69, 9.17) is 9.47 Å². The molecule has 5 nitrogen and oxygen atoms in total. The van der Waals surface area contributed by atoms with E-state index in [1.54, 1.807) is 0 Å². The summed E-state index contributed by atoms with van der Waals surface area (Å²) in [4.78, 5) is 12.7. The Balaban J connectivity index is 1.88. The first-order valence-corrected chi connectivity index (χ1v) is 9.19. The molecule has 0 spiro atoms. The molecule has 27 heavy (non-hydrogen) atoms. The van der Waals surface area contributed by atoms with Crippen LogP contribution in [0.2, 0.25) is 0 Å². The minimum atomic E-state index is -0.487. The highest BCUT2D eigenvalue weighted by atomic mass is 16.7. The van der Waals surface area contributed by atoms with Crippen molar-refractivity contribution in [2.24, 2.45) is 0 Å². The van der Waals surface area contributed by atoms with Crippen LogP contribution in [0.3, 0.4) is 0 Å². The lowest BCUT2D eigenvalue weighted by Gasteiger charge is -2.27. The van der Waals surface area contributed by atoms with Crippen LogP contribution in [-0.4, -0.2) is 25.4 Å². The number of hydrogen-bond donors (Lipinski definition) is 2. The smallest absolute Gasteiger partial charge is 0.258 e. The van der Waals surface area contributed by atoms with Gasteiger partial charge in [0.1, 0.15) is 0 Å². The maximum Gasteiger partial charge on any atom is 0.258 e. The lowest BCUT2D eigenvalue weighted by molar-refractivity contribution is -0.110. The van der Waals surface area contributed by atoms with Crippen LogP contribution in [0.25, 0.3) is 11.1 Å². The maximum absolute atomic E-state index is 12.7. The Hall–Kier alpha value is -2.89. The number of carbonyl (C=O) groups is 1.